The van der Waals surface area contributed by atoms with E-state index in [4.69, 9.17) is 16.0 Å². The second-order valence-electron chi connectivity index (χ2n) is 6.58. The van der Waals surface area contributed by atoms with Gasteiger partial charge in [-0.3, -0.25) is 4.79 Å². The van der Waals surface area contributed by atoms with Crippen LogP contribution in [0.3, 0.4) is 0 Å². The highest BCUT2D eigenvalue weighted by Crippen LogP contribution is 2.59. The molecule has 1 N–H and O–H groups in total. The molecule has 1 saturated heterocycles. The van der Waals surface area contributed by atoms with Crippen molar-refractivity contribution in [1.29, 1.82) is 0 Å². The van der Waals surface area contributed by atoms with Crippen LogP contribution in [0.1, 0.15) is 45.8 Å². The zero-order valence-electron chi connectivity index (χ0n) is 14.3. The van der Waals surface area contributed by atoms with Crippen LogP contribution in [0.25, 0.3) is 0 Å². The van der Waals surface area contributed by atoms with Crippen LogP contribution in [0.5, 0.6) is 0 Å². The van der Waals surface area contributed by atoms with E-state index in [1.54, 1.807) is 6.07 Å². The van der Waals surface area contributed by atoms with Crippen LogP contribution in [0.4, 0.5) is 5.69 Å². The molecule has 0 unspecified atom stereocenters. The molecular formula is C19H20ClNO2S2. The Morgan fingerprint density at radius 2 is 2.04 bits per heavy atom. The molecule has 1 amide bonds. The van der Waals surface area contributed by atoms with Crippen molar-refractivity contribution < 1.29 is 9.21 Å². The van der Waals surface area contributed by atoms with Gasteiger partial charge in [0, 0.05) is 39.8 Å². The Kier molecular flexibility index (Phi) is 4.59. The average Bonchev–Trinajstić information content (AvgIpc) is 3.17. The van der Waals surface area contributed by atoms with Crippen molar-refractivity contribution >= 4 is 46.7 Å². The van der Waals surface area contributed by atoms with E-state index in [-0.39, 0.29) is 9.99 Å². The lowest BCUT2D eigenvalue weighted by atomic mass is 9.94. The number of thioether (sulfide) groups is 2. The molecule has 25 heavy (non-hydrogen) atoms. The number of anilines is 1. The fourth-order valence-electron chi connectivity index (χ4n) is 3.67. The van der Waals surface area contributed by atoms with Crippen molar-refractivity contribution in [2.75, 3.05) is 16.8 Å². The van der Waals surface area contributed by atoms with Crippen LogP contribution < -0.4 is 5.32 Å². The third kappa shape index (κ3) is 3.00. The van der Waals surface area contributed by atoms with Crippen LogP contribution in [0.15, 0.2) is 22.6 Å². The third-order valence-electron chi connectivity index (χ3n) is 4.90. The maximum Gasteiger partial charge on any atom is 0.291 e. The highest BCUT2D eigenvalue weighted by molar-refractivity contribution is 8.20. The van der Waals surface area contributed by atoms with Gasteiger partial charge in [0.2, 0.25) is 0 Å². The molecule has 1 fully saturated rings. The van der Waals surface area contributed by atoms with E-state index < -0.39 is 0 Å². The molecule has 4 rings (SSSR count). The lowest BCUT2D eigenvalue weighted by Gasteiger charge is -2.31. The topological polar surface area (TPSA) is 42.2 Å². The summed E-state index contributed by atoms with van der Waals surface area (Å²) >= 11 is 10.2. The third-order valence-corrected chi connectivity index (χ3v) is 8.84. The number of halogens is 1. The van der Waals surface area contributed by atoms with Crippen LogP contribution in [-0.2, 0) is 10.5 Å². The van der Waals surface area contributed by atoms with E-state index >= 15 is 0 Å². The van der Waals surface area contributed by atoms with Crippen molar-refractivity contribution in [2.24, 2.45) is 0 Å². The molecule has 2 aliphatic rings. The number of amides is 1. The molecule has 1 aromatic heterocycles. The molecule has 1 spiro atoms. The monoisotopic (exact) mass is 393 g/mol. The van der Waals surface area contributed by atoms with E-state index in [1.165, 1.54) is 5.56 Å². The van der Waals surface area contributed by atoms with Crippen molar-refractivity contribution in [3.05, 3.63) is 51.4 Å². The van der Waals surface area contributed by atoms with Crippen LogP contribution in [0.2, 0.25) is 5.02 Å². The van der Waals surface area contributed by atoms with Crippen molar-refractivity contribution in [2.45, 2.75) is 37.2 Å². The molecule has 0 bridgehead atoms. The predicted octanol–water partition coefficient (Wildman–Crippen LogP) is 5.77. The number of hydrogen-bond acceptors (Lipinski definition) is 4. The number of carbonyl (C=O) groups is 1. The summed E-state index contributed by atoms with van der Waals surface area (Å²) in [5.41, 5.74) is 3.93. The van der Waals surface area contributed by atoms with Crippen LogP contribution in [0, 0.1) is 13.8 Å². The Balaban J connectivity index is 1.66. The molecule has 0 radical (unpaired) electrons. The van der Waals surface area contributed by atoms with Gasteiger partial charge in [0.25, 0.3) is 5.91 Å². The van der Waals surface area contributed by atoms with Gasteiger partial charge in [-0.1, -0.05) is 17.7 Å². The molecule has 2 heterocycles. The minimum atomic E-state index is -0.199. The first-order chi connectivity index (χ1) is 12.0. The second kappa shape index (κ2) is 6.60. The summed E-state index contributed by atoms with van der Waals surface area (Å²) in [6.07, 6.45) is 3.20. The summed E-state index contributed by atoms with van der Waals surface area (Å²) < 4.78 is 6.13. The highest BCUT2D eigenvalue weighted by Gasteiger charge is 2.45. The molecule has 6 heteroatoms. The van der Waals surface area contributed by atoms with E-state index in [0.717, 1.165) is 47.7 Å². The molecule has 0 atom stereocenters. The Hall–Kier alpha value is -1.04. The number of nitrogens with one attached hydrogen (secondary N) is 1. The lowest BCUT2D eigenvalue weighted by Crippen LogP contribution is -2.21. The first-order valence-corrected chi connectivity index (χ1v) is 10.8. The van der Waals surface area contributed by atoms with Gasteiger partial charge in [0.05, 0.1) is 4.08 Å². The molecular weight excluding hydrogens is 374 g/mol. The minimum absolute atomic E-state index is 0.0901. The van der Waals surface area contributed by atoms with Crippen LogP contribution >= 0.6 is 35.1 Å². The smallest absolute Gasteiger partial charge is 0.291 e. The summed E-state index contributed by atoms with van der Waals surface area (Å²) in [5.74, 6) is 3.57. The number of fused-ring (bicyclic) bond motifs is 2. The van der Waals surface area contributed by atoms with Crippen molar-refractivity contribution in [1.82, 2.24) is 0 Å². The SMILES string of the molecule is Cc1ccc(NC(=O)c2oc3c(c2C)C2(CCC3)SCCS2)cc1Cl. The Morgan fingerprint density at radius 1 is 1.28 bits per heavy atom. The van der Waals surface area contributed by atoms with Gasteiger partial charge < -0.3 is 9.73 Å². The van der Waals surface area contributed by atoms with Gasteiger partial charge in [-0.25, -0.2) is 0 Å². The summed E-state index contributed by atoms with van der Waals surface area (Å²) in [6.45, 7) is 3.96. The molecule has 1 aliphatic heterocycles. The van der Waals surface area contributed by atoms with Gasteiger partial charge in [-0.15, -0.1) is 23.5 Å². The van der Waals surface area contributed by atoms with E-state index in [0.29, 0.717) is 16.5 Å². The zero-order valence-corrected chi connectivity index (χ0v) is 16.7. The first-order valence-electron chi connectivity index (χ1n) is 8.48. The van der Waals surface area contributed by atoms with Crippen LogP contribution in [-0.4, -0.2) is 17.4 Å². The standard InChI is InChI=1S/C19H20ClNO2S2/c1-11-5-6-13(10-14(11)20)21-18(22)17-12(2)16-15(23-17)4-3-7-19(16)24-8-9-25-19/h5-6,10H,3-4,7-9H2,1-2H3,(H,21,22). The lowest BCUT2D eigenvalue weighted by molar-refractivity contribution is 0.0994. The van der Waals surface area contributed by atoms with Gasteiger partial charge in [-0.2, -0.15) is 0 Å². The summed E-state index contributed by atoms with van der Waals surface area (Å²) in [7, 11) is 0. The maximum absolute atomic E-state index is 12.8. The zero-order chi connectivity index (χ0) is 17.6. The number of hydrogen-bond donors (Lipinski definition) is 1. The molecule has 2 aromatic rings. The van der Waals surface area contributed by atoms with Crippen molar-refractivity contribution in [3.8, 4) is 0 Å². The molecule has 132 valence electrons. The summed E-state index contributed by atoms with van der Waals surface area (Å²) in [4.78, 5) is 12.8. The fraction of sp³-hybridized carbons (Fsp3) is 0.421. The van der Waals surface area contributed by atoms with Gasteiger partial charge in [0.1, 0.15) is 5.76 Å². The number of carbonyl (C=O) groups excluding carboxylic acids is 1. The van der Waals surface area contributed by atoms with Crippen molar-refractivity contribution in [3.63, 3.8) is 0 Å². The van der Waals surface area contributed by atoms with E-state index in [1.807, 2.05) is 49.5 Å². The Labute approximate surface area is 161 Å². The Morgan fingerprint density at radius 3 is 2.76 bits per heavy atom. The average molecular weight is 394 g/mol. The quantitative estimate of drug-likeness (QED) is 0.703. The van der Waals surface area contributed by atoms with E-state index in [9.17, 15) is 4.79 Å². The Bertz CT molecular complexity index is 840. The highest BCUT2D eigenvalue weighted by atomic mass is 35.5. The maximum atomic E-state index is 12.8. The molecule has 0 saturated carbocycles. The number of furan rings is 1. The number of rotatable bonds is 2. The number of benzene rings is 1. The summed E-state index contributed by atoms with van der Waals surface area (Å²) in [6, 6.07) is 5.54. The minimum Gasteiger partial charge on any atom is -0.455 e. The fourth-order valence-corrected chi connectivity index (χ4v) is 7.41. The first kappa shape index (κ1) is 17.4. The largest absolute Gasteiger partial charge is 0.455 e. The predicted molar refractivity (Wildman–Crippen MR) is 107 cm³/mol. The van der Waals surface area contributed by atoms with Gasteiger partial charge >= 0.3 is 0 Å². The molecule has 1 aromatic carbocycles. The second-order valence-corrected chi connectivity index (χ2v) is 10.0. The normalized spacial score (nSPS) is 18.4. The molecule has 3 nitrogen and oxygen atoms in total. The summed E-state index contributed by atoms with van der Waals surface area (Å²) in [5, 5.41) is 3.57. The number of aryl methyl sites for hydroxylation is 2. The van der Waals surface area contributed by atoms with Gasteiger partial charge in [0.15, 0.2) is 5.76 Å². The molecule has 1 aliphatic carbocycles. The van der Waals surface area contributed by atoms with E-state index in [2.05, 4.69) is 5.32 Å². The van der Waals surface area contributed by atoms with Gasteiger partial charge in [-0.05, 0) is 44.4 Å².